The molecule has 1 aromatic rings. The Morgan fingerprint density at radius 3 is 2.26 bits per heavy atom. The maximum absolute atomic E-state index is 12.8. The third-order valence-electron chi connectivity index (χ3n) is 2.73. The van der Waals surface area contributed by atoms with Crippen LogP contribution < -0.4 is 16.0 Å². The summed E-state index contributed by atoms with van der Waals surface area (Å²) in [5, 5.41) is 7.52. The summed E-state index contributed by atoms with van der Waals surface area (Å²) in [7, 11) is 1.43. The van der Waals surface area contributed by atoms with E-state index in [0.717, 1.165) is 5.56 Å². The quantitative estimate of drug-likeness (QED) is 0.770. The molecule has 1 rings (SSSR count). The lowest BCUT2D eigenvalue weighted by molar-refractivity contribution is -0.121. The summed E-state index contributed by atoms with van der Waals surface area (Å²) in [5.74, 6) is -0.727. The third kappa shape index (κ3) is 4.67. The van der Waals surface area contributed by atoms with Crippen LogP contribution in [0.5, 0.6) is 0 Å². The van der Waals surface area contributed by atoms with Gasteiger partial charge in [0.25, 0.3) is 0 Å². The van der Waals surface area contributed by atoms with Crippen molar-refractivity contribution in [3.8, 4) is 0 Å². The molecule has 1 unspecified atom stereocenters. The monoisotopic (exact) mass is 267 g/mol. The van der Waals surface area contributed by atoms with Gasteiger partial charge in [-0.3, -0.25) is 15.4 Å². The molecule has 0 saturated heterocycles. The van der Waals surface area contributed by atoms with E-state index in [1.807, 2.05) is 6.92 Å². The summed E-state index contributed by atoms with van der Waals surface area (Å²) in [4.78, 5) is 22.6. The largest absolute Gasteiger partial charge is 0.341 e. The smallest absolute Gasteiger partial charge is 0.321 e. The second-order valence-corrected chi connectivity index (χ2v) is 4.23. The number of amides is 3. The fraction of sp³-hybridized carbons (Fsp3) is 0.385. The Morgan fingerprint density at radius 2 is 1.74 bits per heavy atom. The number of imide groups is 1. The van der Waals surface area contributed by atoms with Crippen molar-refractivity contribution < 1.29 is 14.0 Å². The van der Waals surface area contributed by atoms with E-state index >= 15 is 0 Å². The summed E-state index contributed by atoms with van der Waals surface area (Å²) in [6, 6.07) is 4.80. The molecule has 0 aliphatic rings. The molecule has 0 bridgehead atoms. The van der Waals surface area contributed by atoms with Gasteiger partial charge in [0.05, 0.1) is 6.04 Å². The van der Waals surface area contributed by atoms with Gasteiger partial charge in [-0.1, -0.05) is 12.1 Å². The van der Waals surface area contributed by atoms with Gasteiger partial charge >= 0.3 is 6.03 Å². The second kappa shape index (κ2) is 6.84. The van der Waals surface area contributed by atoms with Crippen molar-refractivity contribution in [3.05, 3.63) is 35.6 Å². The van der Waals surface area contributed by atoms with Gasteiger partial charge < -0.3 is 5.32 Å². The van der Waals surface area contributed by atoms with Crippen molar-refractivity contribution in [2.24, 2.45) is 0 Å². The molecular weight excluding hydrogens is 249 g/mol. The zero-order valence-corrected chi connectivity index (χ0v) is 11.2. The predicted molar refractivity (Wildman–Crippen MR) is 70.0 cm³/mol. The van der Waals surface area contributed by atoms with Crippen molar-refractivity contribution in [2.45, 2.75) is 25.9 Å². The molecule has 0 radical (unpaired) electrons. The Morgan fingerprint density at radius 1 is 1.16 bits per heavy atom. The summed E-state index contributed by atoms with van der Waals surface area (Å²) >= 11 is 0. The predicted octanol–water partition coefficient (Wildman–Crippen LogP) is 1.32. The van der Waals surface area contributed by atoms with Crippen LogP contribution in [0.4, 0.5) is 9.18 Å². The summed E-state index contributed by atoms with van der Waals surface area (Å²) < 4.78 is 12.8. The standard InChI is InChI=1S/C13H18FN3O2/c1-8(10-4-6-11(14)7-5-10)16-9(2)12(18)17-13(19)15-3/h4-9,16H,1-3H3,(H2,15,17,18,19)/t8-,9?/m1/s1. The minimum absolute atomic E-state index is 0.133. The molecule has 2 atom stereocenters. The molecule has 104 valence electrons. The van der Waals surface area contributed by atoms with Gasteiger partial charge in [0.2, 0.25) is 5.91 Å². The van der Waals surface area contributed by atoms with Crippen molar-refractivity contribution in [2.75, 3.05) is 7.05 Å². The first-order valence-corrected chi connectivity index (χ1v) is 5.98. The first-order chi connectivity index (χ1) is 8.93. The average Bonchev–Trinajstić information content (AvgIpc) is 2.38. The summed E-state index contributed by atoms with van der Waals surface area (Å²) in [6.45, 7) is 3.51. The van der Waals surface area contributed by atoms with Gasteiger partial charge in [0, 0.05) is 13.1 Å². The van der Waals surface area contributed by atoms with E-state index in [1.165, 1.54) is 19.2 Å². The van der Waals surface area contributed by atoms with Gasteiger partial charge in [-0.15, -0.1) is 0 Å². The first-order valence-electron chi connectivity index (χ1n) is 5.98. The molecule has 0 saturated carbocycles. The van der Waals surface area contributed by atoms with Crippen LogP contribution in [0.1, 0.15) is 25.5 Å². The van der Waals surface area contributed by atoms with E-state index in [0.29, 0.717) is 0 Å². The normalized spacial score (nSPS) is 13.5. The lowest BCUT2D eigenvalue weighted by Gasteiger charge is -2.19. The van der Waals surface area contributed by atoms with Crippen molar-refractivity contribution in [1.29, 1.82) is 0 Å². The topological polar surface area (TPSA) is 70.2 Å². The molecule has 0 spiro atoms. The molecular formula is C13H18FN3O2. The highest BCUT2D eigenvalue weighted by Crippen LogP contribution is 2.13. The zero-order valence-electron chi connectivity index (χ0n) is 11.2. The fourth-order valence-corrected chi connectivity index (χ4v) is 1.58. The first kappa shape index (κ1) is 15.1. The Bertz CT molecular complexity index is 448. The fourth-order valence-electron chi connectivity index (χ4n) is 1.58. The highest BCUT2D eigenvalue weighted by atomic mass is 19.1. The number of urea groups is 1. The van der Waals surface area contributed by atoms with Crippen LogP contribution >= 0.6 is 0 Å². The lowest BCUT2D eigenvalue weighted by Crippen LogP contribution is -2.47. The number of carbonyl (C=O) groups is 2. The van der Waals surface area contributed by atoms with Crippen LogP contribution in [0.25, 0.3) is 0 Å². The third-order valence-corrected chi connectivity index (χ3v) is 2.73. The highest BCUT2D eigenvalue weighted by Gasteiger charge is 2.17. The summed E-state index contributed by atoms with van der Waals surface area (Å²) in [5.41, 5.74) is 0.862. The Kier molecular flexibility index (Phi) is 5.44. The SMILES string of the molecule is CNC(=O)NC(=O)C(C)N[C@H](C)c1ccc(F)cc1. The van der Waals surface area contributed by atoms with E-state index in [9.17, 15) is 14.0 Å². The number of hydrogen-bond acceptors (Lipinski definition) is 3. The number of rotatable bonds is 4. The maximum Gasteiger partial charge on any atom is 0.321 e. The van der Waals surface area contributed by atoms with E-state index in [1.54, 1.807) is 19.1 Å². The molecule has 1 aromatic carbocycles. The van der Waals surface area contributed by atoms with Gasteiger partial charge in [0.15, 0.2) is 0 Å². The molecule has 0 aromatic heterocycles. The highest BCUT2D eigenvalue weighted by molar-refractivity contribution is 5.96. The minimum atomic E-state index is -0.548. The van der Waals surface area contributed by atoms with Gasteiger partial charge in [-0.05, 0) is 31.5 Å². The van der Waals surface area contributed by atoms with Gasteiger partial charge in [0.1, 0.15) is 5.82 Å². The molecule has 3 N–H and O–H groups in total. The van der Waals surface area contributed by atoms with Crippen LogP contribution in [0.2, 0.25) is 0 Å². The van der Waals surface area contributed by atoms with Gasteiger partial charge in [-0.25, -0.2) is 9.18 Å². The van der Waals surface area contributed by atoms with Crippen LogP contribution in [-0.4, -0.2) is 25.0 Å². The Balaban J connectivity index is 2.56. The molecule has 0 fully saturated rings. The molecule has 0 aliphatic carbocycles. The molecule has 0 aliphatic heterocycles. The second-order valence-electron chi connectivity index (χ2n) is 4.23. The Labute approximate surface area is 111 Å². The number of carbonyl (C=O) groups excluding carboxylic acids is 2. The van der Waals surface area contributed by atoms with Crippen molar-refractivity contribution >= 4 is 11.9 Å². The van der Waals surface area contributed by atoms with E-state index < -0.39 is 18.0 Å². The van der Waals surface area contributed by atoms with Crippen LogP contribution in [0.15, 0.2) is 24.3 Å². The van der Waals surface area contributed by atoms with E-state index in [4.69, 9.17) is 0 Å². The van der Waals surface area contributed by atoms with Crippen molar-refractivity contribution in [1.82, 2.24) is 16.0 Å². The number of benzene rings is 1. The van der Waals surface area contributed by atoms with Gasteiger partial charge in [-0.2, -0.15) is 0 Å². The van der Waals surface area contributed by atoms with E-state index in [2.05, 4.69) is 16.0 Å². The molecule has 3 amide bonds. The van der Waals surface area contributed by atoms with Crippen LogP contribution in [0.3, 0.4) is 0 Å². The average molecular weight is 267 g/mol. The maximum atomic E-state index is 12.8. The molecule has 19 heavy (non-hydrogen) atoms. The molecule has 0 heterocycles. The van der Waals surface area contributed by atoms with Crippen LogP contribution in [0, 0.1) is 5.82 Å². The zero-order chi connectivity index (χ0) is 14.4. The Hall–Kier alpha value is -1.95. The summed E-state index contributed by atoms with van der Waals surface area (Å²) in [6.07, 6.45) is 0. The minimum Gasteiger partial charge on any atom is -0.341 e. The van der Waals surface area contributed by atoms with Crippen LogP contribution in [-0.2, 0) is 4.79 Å². The van der Waals surface area contributed by atoms with E-state index in [-0.39, 0.29) is 11.9 Å². The molecule has 5 nitrogen and oxygen atoms in total. The number of nitrogens with one attached hydrogen (secondary N) is 3. The van der Waals surface area contributed by atoms with Crippen molar-refractivity contribution in [3.63, 3.8) is 0 Å². The number of hydrogen-bond donors (Lipinski definition) is 3. The number of halogens is 1. The lowest BCUT2D eigenvalue weighted by atomic mass is 10.1. The molecule has 6 heteroatoms.